The summed E-state index contributed by atoms with van der Waals surface area (Å²) >= 11 is 0. The minimum absolute atomic E-state index is 0. The standard InChI is InChI=1S/C28H37N7O4.2ClH/c1-19(2)29-12-13-34(18-26(37)33(5)35-16-22-8-6-7-9-23(22)17-35)25(36)15-30-24-11-10-21(14-20(24)3)27-31-32(4)28(38)39-27;;/h6-11,14,19,29-30H,12-13,15-18H2,1-5H3;2*1H. The number of likely N-dealkylation sites (N-methyl/N-ethyl adjacent to an activating group) is 1. The largest absolute Gasteiger partial charge is 0.437 e. The van der Waals surface area contributed by atoms with Crippen LogP contribution in [0.4, 0.5) is 5.69 Å². The molecule has 0 atom stereocenters. The first-order valence-electron chi connectivity index (χ1n) is 13.1. The zero-order valence-corrected chi connectivity index (χ0v) is 25.7. The van der Waals surface area contributed by atoms with Crippen LogP contribution in [0.5, 0.6) is 0 Å². The third-order valence-electron chi connectivity index (χ3n) is 6.81. The Morgan fingerprint density at radius 2 is 1.73 bits per heavy atom. The maximum Gasteiger partial charge on any atom is 0.437 e. The van der Waals surface area contributed by atoms with Gasteiger partial charge in [0.25, 0.3) is 5.91 Å². The predicted octanol–water partition coefficient (Wildman–Crippen LogP) is 2.82. The Balaban J connectivity index is 0.00000294. The van der Waals surface area contributed by atoms with E-state index in [2.05, 4.69) is 27.9 Å². The third-order valence-corrected chi connectivity index (χ3v) is 6.81. The Hall–Kier alpha value is -3.38. The SMILES string of the molecule is Cc1cc(-c2nn(C)c(=O)o2)ccc1NCC(=O)N(CCNC(C)C)CC(=O)N(C)N1Cc2ccccc2C1.Cl.Cl. The molecule has 3 aromatic rings. The fraction of sp³-hybridized carbons (Fsp3) is 0.429. The van der Waals surface area contributed by atoms with E-state index in [1.807, 2.05) is 50.0 Å². The molecule has 11 nitrogen and oxygen atoms in total. The Bertz CT molecular complexity index is 1370. The molecule has 0 spiro atoms. The molecule has 41 heavy (non-hydrogen) atoms. The summed E-state index contributed by atoms with van der Waals surface area (Å²) in [5.74, 6) is -0.609. The van der Waals surface area contributed by atoms with E-state index in [0.29, 0.717) is 31.7 Å². The van der Waals surface area contributed by atoms with Gasteiger partial charge in [-0.15, -0.1) is 29.9 Å². The molecule has 2 amide bonds. The van der Waals surface area contributed by atoms with Gasteiger partial charge < -0.3 is 20.0 Å². The molecule has 0 saturated heterocycles. The average Bonchev–Trinajstić information content (AvgIpc) is 3.49. The molecule has 0 unspecified atom stereocenters. The van der Waals surface area contributed by atoms with Crippen molar-refractivity contribution in [2.24, 2.45) is 7.05 Å². The highest BCUT2D eigenvalue weighted by atomic mass is 35.5. The first-order valence-corrected chi connectivity index (χ1v) is 13.1. The van der Waals surface area contributed by atoms with Crippen LogP contribution >= 0.6 is 24.8 Å². The number of amides is 2. The molecule has 0 fully saturated rings. The fourth-order valence-electron chi connectivity index (χ4n) is 4.47. The van der Waals surface area contributed by atoms with Crippen molar-refractivity contribution in [3.63, 3.8) is 0 Å². The number of hydrazine groups is 1. The topological polar surface area (TPSA) is 116 Å². The smallest absolute Gasteiger partial charge is 0.388 e. The minimum atomic E-state index is -0.531. The monoisotopic (exact) mass is 607 g/mol. The van der Waals surface area contributed by atoms with Gasteiger partial charge in [-0.05, 0) is 41.8 Å². The number of aromatic nitrogens is 2. The summed E-state index contributed by atoms with van der Waals surface area (Å²) in [6.07, 6.45) is 0. The van der Waals surface area contributed by atoms with Gasteiger partial charge in [-0.1, -0.05) is 38.1 Å². The van der Waals surface area contributed by atoms with Crippen molar-refractivity contribution in [3.05, 3.63) is 69.7 Å². The normalized spacial score (nSPS) is 12.3. The average molecular weight is 609 g/mol. The minimum Gasteiger partial charge on any atom is -0.388 e. The lowest BCUT2D eigenvalue weighted by Crippen LogP contribution is -2.49. The molecular weight excluding hydrogens is 569 g/mol. The van der Waals surface area contributed by atoms with Gasteiger partial charge in [0.05, 0.1) is 6.54 Å². The summed E-state index contributed by atoms with van der Waals surface area (Å²) in [4.78, 5) is 39.7. The van der Waals surface area contributed by atoms with Gasteiger partial charge in [-0.25, -0.2) is 9.80 Å². The number of rotatable bonds is 11. The zero-order valence-electron chi connectivity index (χ0n) is 24.0. The van der Waals surface area contributed by atoms with Gasteiger partial charge in [0.15, 0.2) is 0 Å². The van der Waals surface area contributed by atoms with Gasteiger partial charge in [0, 0.05) is 57.6 Å². The van der Waals surface area contributed by atoms with Crippen LogP contribution in [0.1, 0.15) is 30.5 Å². The number of nitrogens with one attached hydrogen (secondary N) is 2. The van der Waals surface area contributed by atoms with Crippen LogP contribution in [0.2, 0.25) is 0 Å². The van der Waals surface area contributed by atoms with Crippen LogP contribution in [-0.4, -0.2) is 75.8 Å². The van der Waals surface area contributed by atoms with Crippen molar-refractivity contribution in [2.45, 2.75) is 39.9 Å². The number of hydrogen-bond acceptors (Lipinski definition) is 8. The van der Waals surface area contributed by atoms with E-state index in [9.17, 15) is 14.4 Å². The van der Waals surface area contributed by atoms with Crippen molar-refractivity contribution >= 4 is 42.3 Å². The highest BCUT2D eigenvalue weighted by Gasteiger charge is 2.27. The van der Waals surface area contributed by atoms with E-state index in [1.165, 1.54) is 18.2 Å². The van der Waals surface area contributed by atoms with Crippen molar-refractivity contribution in [1.29, 1.82) is 0 Å². The second-order valence-electron chi connectivity index (χ2n) is 10.1. The summed E-state index contributed by atoms with van der Waals surface area (Å²) < 4.78 is 6.30. The molecule has 4 rings (SSSR count). The molecule has 0 aliphatic carbocycles. The van der Waals surface area contributed by atoms with E-state index in [-0.39, 0.29) is 61.7 Å². The number of anilines is 1. The number of nitrogens with zero attached hydrogens (tertiary/aromatic N) is 5. The Morgan fingerprint density at radius 1 is 1.07 bits per heavy atom. The van der Waals surface area contributed by atoms with E-state index in [1.54, 1.807) is 23.0 Å². The third kappa shape index (κ3) is 8.56. The van der Waals surface area contributed by atoms with Crippen LogP contribution in [-0.2, 0) is 29.7 Å². The maximum absolute atomic E-state index is 13.3. The Labute approximate surface area is 252 Å². The first-order chi connectivity index (χ1) is 18.6. The molecule has 0 bridgehead atoms. The second kappa shape index (κ2) is 15.0. The Kier molecular flexibility index (Phi) is 12.4. The summed E-state index contributed by atoms with van der Waals surface area (Å²) in [5, 5.41) is 14.2. The molecular formula is C28H39Cl2N7O4. The van der Waals surface area contributed by atoms with E-state index in [0.717, 1.165) is 15.9 Å². The van der Waals surface area contributed by atoms with Crippen LogP contribution in [0.25, 0.3) is 11.5 Å². The first kappa shape index (κ1) is 33.8. The van der Waals surface area contributed by atoms with Crippen LogP contribution in [0, 0.1) is 6.92 Å². The van der Waals surface area contributed by atoms with E-state index >= 15 is 0 Å². The lowest BCUT2D eigenvalue weighted by molar-refractivity contribution is -0.151. The molecule has 1 aliphatic heterocycles. The van der Waals surface area contributed by atoms with Crippen molar-refractivity contribution < 1.29 is 14.0 Å². The molecule has 0 radical (unpaired) electrons. The lowest BCUT2D eigenvalue weighted by atomic mass is 10.1. The van der Waals surface area contributed by atoms with E-state index < -0.39 is 5.76 Å². The molecule has 1 aromatic heterocycles. The van der Waals surface area contributed by atoms with Crippen molar-refractivity contribution in [3.8, 4) is 11.5 Å². The number of carbonyl (C=O) groups excluding carboxylic acids is 2. The molecule has 1 aliphatic rings. The summed E-state index contributed by atoms with van der Waals surface area (Å²) in [6.45, 7) is 8.33. The van der Waals surface area contributed by atoms with E-state index in [4.69, 9.17) is 4.42 Å². The van der Waals surface area contributed by atoms with Crippen molar-refractivity contribution in [2.75, 3.05) is 38.5 Å². The Morgan fingerprint density at radius 3 is 2.29 bits per heavy atom. The summed E-state index contributed by atoms with van der Waals surface area (Å²) in [5.41, 5.74) is 4.72. The predicted molar refractivity (Wildman–Crippen MR) is 163 cm³/mol. The molecule has 2 heterocycles. The van der Waals surface area contributed by atoms with Gasteiger partial charge >= 0.3 is 5.76 Å². The molecule has 224 valence electrons. The highest BCUT2D eigenvalue weighted by molar-refractivity contribution is 5.87. The van der Waals surface area contributed by atoms with Gasteiger partial charge in [-0.3, -0.25) is 14.6 Å². The second-order valence-corrected chi connectivity index (χ2v) is 10.1. The van der Waals surface area contributed by atoms with Gasteiger partial charge in [-0.2, -0.15) is 4.68 Å². The number of fused-ring (bicyclic) bond motifs is 1. The summed E-state index contributed by atoms with van der Waals surface area (Å²) in [6, 6.07) is 13.9. The lowest BCUT2D eigenvalue weighted by Gasteiger charge is -2.31. The van der Waals surface area contributed by atoms with Crippen LogP contribution in [0.3, 0.4) is 0 Å². The number of benzene rings is 2. The van der Waals surface area contributed by atoms with Crippen LogP contribution < -0.4 is 16.4 Å². The maximum atomic E-state index is 13.3. The van der Waals surface area contributed by atoms with Gasteiger partial charge in [0.1, 0.15) is 6.54 Å². The summed E-state index contributed by atoms with van der Waals surface area (Å²) in [7, 11) is 3.29. The zero-order chi connectivity index (χ0) is 28.1. The molecule has 0 saturated carbocycles. The van der Waals surface area contributed by atoms with Crippen LogP contribution in [0.15, 0.2) is 51.7 Å². The highest BCUT2D eigenvalue weighted by Crippen LogP contribution is 2.24. The number of halogens is 2. The fourth-order valence-corrected chi connectivity index (χ4v) is 4.47. The quantitative estimate of drug-likeness (QED) is 0.342. The number of aryl methyl sites for hydroxylation is 2. The molecule has 2 N–H and O–H groups in total. The van der Waals surface area contributed by atoms with Crippen molar-refractivity contribution in [1.82, 2.24) is 30.0 Å². The number of carbonyl (C=O) groups is 2. The van der Waals surface area contributed by atoms with Gasteiger partial charge in [0.2, 0.25) is 11.8 Å². The molecule has 2 aromatic carbocycles. The number of hydrogen-bond donors (Lipinski definition) is 2. The molecule has 13 heteroatoms.